The Kier molecular flexibility index (Phi) is 3.87. The fraction of sp³-hybridized carbons (Fsp3) is 0.200. The van der Waals surface area contributed by atoms with E-state index in [9.17, 15) is 0 Å². The van der Waals surface area contributed by atoms with E-state index in [0.717, 1.165) is 5.56 Å². The smallest absolute Gasteiger partial charge is 0.0562 e. The summed E-state index contributed by atoms with van der Waals surface area (Å²) in [7, 11) is 0. The van der Waals surface area contributed by atoms with Crippen LogP contribution in [0.5, 0.6) is 0 Å². The molecular formula is C15H17NS. The van der Waals surface area contributed by atoms with Crippen LogP contribution < -0.4 is 5.73 Å². The maximum Gasteiger partial charge on any atom is 0.0562 e. The molecule has 0 spiro atoms. The van der Waals surface area contributed by atoms with E-state index in [0.29, 0.717) is 0 Å². The highest BCUT2D eigenvalue weighted by Gasteiger charge is 2.11. The molecule has 0 aliphatic carbocycles. The average Bonchev–Trinajstić information content (AvgIpc) is 2.39. The Morgan fingerprint density at radius 1 is 1.00 bits per heavy atom. The molecule has 1 unspecified atom stereocenters. The van der Waals surface area contributed by atoms with Crippen molar-refractivity contribution in [2.24, 2.45) is 5.73 Å². The Bertz CT molecular complexity index is 491. The van der Waals surface area contributed by atoms with E-state index >= 15 is 0 Å². The van der Waals surface area contributed by atoms with Gasteiger partial charge in [-0.2, -0.15) is 0 Å². The van der Waals surface area contributed by atoms with Gasteiger partial charge in [-0.3, -0.25) is 0 Å². The minimum Gasteiger partial charge on any atom is -0.320 e. The minimum atomic E-state index is -0.0424. The molecule has 2 N–H and O–H groups in total. The van der Waals surface area contributed by atoms with Gasteiger partial charge in [0.25, 0.3) is 0 Å². The lowest BCUT2D eigenvalue weighted by atomic mass is 9.99. The van der Waals surface area contributed by atoms with Crippen LogP contribution >= 0.6 is 11.8 Å². The average molecular weight is 243 g/mol. The maximum atomic E-state index is 6.33. The van der Waals surface area contributed by atoms with Gasteiger partial charge in [-0.05, 0) is 30.4 Å². The van der Waals surface area contributed by atoms with E-state index in [4.69, 9.17) is 5.73 Å². The number of nitrogens with two attached hydrogens (primary N) is 1. The third-order valence-corrected chi connectivity index (χ3v) is 3.72. The third kappa shape index (κ3) is 2.71. The van der Waals surface area contributed by atoms with Gasteiger partial charge in [0.05, 0.1) is 6.04 Å². The molecule has 0 radical (unpaired) electrons. The first-order valence-corrected chi connectivity index (χ1v) is 6.90. The summed E-state index contributed by atoms with van der Waals surface area (Å²) in [6.07, 6.45) is 2.08. The van der Waals surface area contributed by atoms with Crippen LogP contribution in [0.15, 0.2) is 53.4 Å². The molecule has 1 atom stereocenters. The van der Waals surface area contributed by atoms with Crippen molar-refractivity contribution < 1.29 is 0 Å². The molecule has 17 heavy (non-hydrogen) atoms. The zero-order valence-electron chi connectivity index (χ0n) is 10.2. The predicted octanol–water partition coefficient (Wildman–Crippen LogP) is 3.77. The third-order valence-electron chi connectivity index (χ3n) is 2.91. The molecule has 0 aliphatic heterocycles. The molecule has 88 valence electrons. The quantitative estimate of drug-likeness (QED) is 0.831. The van der Waals surface area contributed by atoms with E-state index in [1.807, 2.05) is 6.07 Å². The van der Waals surface area contributed by atoms with Crippen molar-refractivity contribution in [2.45, 2.75) is 17.9 Å². The number of thioether (sulfide) groups is 1. The molecule has 0 aromatic heterocycles. The number of benzene rings is 2. The van der Waals surface area contributed by atoms with Crippen LogP contribution in [0.4, 0.5) is 0 Å². The van der Waals surface area contributed by atoms with Crippen molar-refractivity contribution in [2.75, 3.05) is 6.26 Å². The Balaban J connectivity index is 2.36. The SMILES string of the molecule is CSc1ccccc1C(N)c1ccc(C)cc1. The standard InChI is InChI=1S/C15H17NS/c1-11-7-9-12(10-8-11)15(16)13-5-3-4-6-14(13)17-2/h3-10,15H,16H2,1-2H3. The summed E-state index contributed by atoms with van der Waals surface area (Å²) >= 11 is 1.74. The highest BCUT2D eigenvalue weighted by atomic mass is 32.2. The molecular weight excluding hydrogens is 226 g/mol. The van der Waals surface area contributed by atoms with Crippen molar-refractivity contribution >= 4 is 11.8 Å². The fourth-order valence-electron chi connectivity index (χ4n) is 1.88. The first-order valence-electron chi connectivity index (χ1n) is 5.67. The molecule has 0 saturated heterocycles. The summed E-state index contributed by atoms with van der Waals surface area (Å²) in [4.78, 5) is 1.25. The molecule has 0 amide bonds. The predicted molar refractivity (Wildman–Crippen MR) is 75.4 cm³/mol. The largest absolute Gasteiger partial charge is 0.320 e. The van der Waals surface area contributed by atoms with E-state index in [2.05, 4.69) is 55.6 Å². The van der Waals surface area contributed by atoms with Crippen LogP contribution in [-0.2, 0) is 0 Å². The van der Waals surface area contributed by atoms with Gasteiger partial charge in [0.1, 0.15) is 0 Å². The van der Waals surface area contributed by atoms with E-state index in [-0.39, 0.29) is 6.04 Å². The molecule has 0 fully saturated rings. The monoisotopic (exact) mass is 243 g/mol. The Hall–Kier alpha value is -1.25. The van der Waals surface area contributed by atoms with Crippen molar-refractivity contribution in [3.05, 3.63) is 65.2 Å². The molecule has 0 bridgehead atoms. The fourth-order valence-corrected chi connectivity index (χ4v) is 2.52. The highest BCUT2D eigenvalue weighted by molar-refractivity contribution is 7.98. The molecule has 2 heteroatoms. The Morgan fingerprint density at radius 2 is 1.65 bits per heavy atom. The second-order valence-electron chi connectivity index (χ2n) is 4.13. The summed E-state index contributed by atoms with van der Waals surface area (Å²) in [6, 6.07) is 16.7. The number of hydrogen-bond donors (Lipinski definition) is 1. The van der Waals surface area contributed by atoms with Gasteiger partial charge in [0.15, 0.2) is 0 Å². The second-order valence-corrected chi connectivity index (χ2v) is 4.98. The second kappa shape index (κ2) is 5.39. The topological polar surface area (TPSA) is 26.0 Å². The zero-order valence-corrected chi connectivity index (χ0v) is 11.0. The first kappa shape index (κ1) is 12.2. The van der Waals surface area contributed by atoms with Gasteiger partial charge in [-0.15, -0.1) is 11.8 Å². The van der Waals surface area contributed by atoms with Crippen LogP contribution in [0.2, 0.25) is 0 Å². The molecule has 0 aliphatic rings. The van der Waals surface area contributed by atoms with E-state index < -0.39 is 0 Å². The minimum absolute atomic E-state index is 0.0424. The molecule has 1 nitrogen and oxygen atoms in total. The van der Waals surface area contributed by atoms with Crippen molar-refractivity contribution in [1.82, 2.24) is 0 Å². The summed E-state index contributed by atoms with van der Waals surface area (Å²) in [6.45, 7) is 2.09. The van der Waals surface area contributed by atoms with Crippen LogP contribution in [0.25, 0.3) is 0 Å². The molecule has 0 heterocycles. The summed E-state index contributed by atoms with van der Waals surface area (Å²) in [5.41, 5.74) is 9.95. The summed E-state index contributed by atoms with van der Waals surface area (Å²) in [5.74, 6) is 0. The van der Waals surface area contributed by atoms with Crippen LogP contribution in [0.3, 0.4) is 0 Å². The first-order chi connectivity index (χ1) is 8.22. The van der Waals surface area contributed by atoms with Gasteiger partial charge < -0.3 is 5.73 Å². The lowest BCUT2D eigenvalue weighted by Crippen LogP contribution is -2.12. The Morgan fingerprint density at radius 3 is 2.29 bits per heavy atom. The van der Waals surface area contributed by atoms with Crippen LogP contribution in [0, 0.1) is 6.92 Å². The lowest BCUT2D eigenvalue weighted by Gasteiger charge is -2.16. The van der Waals surface area contributed by atoms with Crippen molar-refractivity contribution in [1.29, 1.82) is 0 Å². The van der Waals surface area contributed by atoms with Gasteiger partial charge in [-0.25, -0.2) is 0 Å². The maximum absolute atomic E-state index is 6.33. The molecule has 2 aromatic rings. The van der Waals surface area contributed by atoms with Crippen molar-refractivity contribution in [3.63, 3.8) is 0 Å². The van der Waals surface area contributed by atoms with E-state index in [1.165, 1.54) is 16.0 Å². The summed E-state index contributed by atoms with van der Waals surface area (Å²) in [5, 5.41) is 0. The van der Waals surface area contributed by atoms with Gasteiger partial charge in [0.2, 0.25) is 0 Å². The van der Waals surface area contributed by atoms with Crippen LogP contribution in [0.1, 0.15) is 22.7 Å². The number of rotatable bonds is 3. The van der Waals surface area contributed by atoms with Gasteiger partial charge in [0, 0.05) is 4.90 Å². The molecule has 0 saturated carbocycles. The normalized spacial score (nSPS) is 12.4. The molecule has 2 aromatic carbocycles. The van der Waals surface area contributed by atoms with Crippen molar-refractivity contribution in [3.8, 4) is 0 Å². The van der Waals surface area contributed by atoms with Gasteiger partial charge >= 0.3 is 0 Å². The lowest BCUT2D eigenvalue weighted by molar-refractivity contribution is 0.847. The van der Waals surface area contributed by atoms with E-state index in [1.54, 1.807) is 11.8 Å². The Labute approximate surface area is 107 Å². The number of aryl methyl sites for hydroxylation is 1. The van der Waals surface area contributed by atoms with Gasteiger partial charge in [-0.1, -0.05) is 48.0 Å². The summed E-state index contributed by atoms with van der Waals surface area (Å²) < 4.78 is 0. The zero-order chi connectivity index (χ0) is 12.3. The highest BCUT2D eigenvalue weighted by Crippen LogP contribution is 2.28. The number of hydrogen-bond acceptors (Lipinski definition) is 2. The van der Waals surface area contributed by atoms with Crippen LogP contribution in [-0.4, -0.2) is 6.26 Å². The molecule has 2 rings (SSSR count).